The third-order valence-corrected chi connectivity index (χ3v) is 2.75. The number of imidazole rings is 1. The zero-order valence-electron chi connectivity index (χ0n) is 12.4. The monoisotopic (exact) mass is 266 g/mol. The quantitative estimate of drug-likeness (QED) is 0.750. The highest BCUT2D eigenvalue weighted by Crippen LogP contribution is 1.98. The first kappa shape index (κ1) is 15.7. The van der Waals surface area contributed by atoms with Crippen molar-refractivity contribution in [2.24, 2.45) is 5.92 Å². The fourth-order valence-electron chi connectivity index (χ4n) is 1.61. The summed E-state index contributed by atoms with van der Waals surface area (Å²) < 4.78 is 1.82. The maximum absolute atomic E-state index is 11.7. The summed E-state index contributed by atoms with van der Waals surface area (Å²) in [4.78, 5) is 16.0. The van der Waals surface area contributed by atoms with E-state index in [-0.39, 0.29) is 5.91 Å². The Morgan fingerprint density at radius 3 is 2.74 bits per heavy atom. The van der Waals surface area contributed by atoms with E-state index in [1.165, 1.54) is 0 Å². The van der Waals surface area contributed by atoms with Crippen LogP contribution < -0.4 is 10.6 Å². The van der Waals surface area contributed by atoms with Gasteiger partial charge in [0.2, 0.25) is 5.91 Å². The van der Waals surface area contributed by atoms with E-state index >= 15 is 0 Å². The second-order valence-corrected chi connectivity index (χ2v) is 5.61. The molecule has 0 bridgehead atoms. The molecule has 0 saturated carbocycles. The van der Waals surface area contributed by atoms with Crippen LogP contribution in [0.2, 0.25) is 0 Å². The molecule has 1 aromatic heterocycles. The van der Waals surface area contributed by atoms with Crippen molar-refractivity contribution in [1.82, 2.24) is 20.2 Å². The van der Waals surface area contributed by atoms with Gasteiger partial charge >= 0.3 is 0 Å². The normalized spacial score (nSPS) is 11.3. The van der Waals surface area contributed by atoms with Crippen molar-refractivity contribution in [3.63, 3.8) is 0 Å². The van der Waals surface area contributed by atoms with Crippen molar-refractivity contribution >= 4 is 5.91 Å². The van der Waals surface area contributed by atoms with Crippen LogP contribution in [-0.4, -0.2) is 28.0 Å². The van der Waals surface area contributed by atoms with Gasteiger partial charge in [0.1, 0.15) is 6.54 Å². The lowest BCUT2D eigenvalue weighted by Crippen LogP contribution is -2.28. The van der Waals surface area contributed by atoms with Gasteiger partial charge in [-0.1, -0.05) is 27.7 Å². The van der Waals surface area contributed by atoms with Crippen LogP contribution in [0.25, 0.3) is 0 Å². The number of nitrogens with one attached hydrogen (secondary N) is 2. The SMILES string of the molecule is CC(C)CCNC(=O)Cn1cnc(CNC(C)C)c1. The first-order chi connectivity index (χ1) is 8.97. The molecule has 0 spiro atoms. The Morgan fingerprint density at radius 1 is 1.37 bits per heavy atom. The highest BCUT2D eigenvalue weighted by Gasteiger charge is 2.05. The lowest BCUT2D eigenvalue weighted by Gasteiger charge is -2.07. The second kappa shape index (κ2) is 7.94. The van der Waals surface area contributed by atoms with Gasteiger partial charge in [0, 0.05) is 25.3 Å². The zero-order valence-corrected chi connectivity index (χ0v) is 12.4. The Hall–Kier alpha value is -1.36. The molecule has 1 aromatic rings. The van der Waals surface area contributed by atoms with Crippen LogP contribution in [0.4, 0.5) is 0 Å². The molecule has 0 unspecified atom stereocenters. The van der Waals surface area contributed by atoms with Crippen LogP contribution in [0, 0.1) is 5.92 Å². The highest BCUT2D eigenvalue weighted by atomic mass is 16.1. The Morgan fingerprint density at radius 2 is 2.11 bits per heavy atom. The third kappa shape index (κ3) is 6.96. The maximum atomic E-state index is 11.7. The summed E-state index contributed by atoms with van der Waals surface area (Å²) in [5.74, 6) is 0.656. The van der Waals surface area contributed by atoms with Crippen molar-refractivity contribution in [3.05, 3.63) is 18.2 Å². The largest absolute Gasteiger partial charge is 0.355 e. The van der Waals surface area contributed by atoms with Gasteiger partial charge in [0.15, 0.2) is 0 Å². The van der Waals surface area contributed by atoms with Crippen LogP contribution in [0.3, 0.4) is 0 Å². The number of carbonyl (C=O) groups is 1. The van der Waals surface area contributed by atoms with Gasteiger partial charge in [-0.15, -0.1) is 0 Å². The van der Waals surface area contributed by atoms with Gasteiger partial charge in [-0.25, -0.2) is 4.98 Å². The minimum Gasteiger partial charge on any atom is -0.355 e. The van der Waals surface area contributed by atoms with Crippen molar-refractivity contribution < 1.29 is 4.79 Å². The Labute approximate surface area is 115 Å². The average molecular weight is 266 g/mol. The summed E-state index contributed by atoms with van der Waals surface area (Å²) in [6, 6.07) is 0.435. The summed E-state index contributed by atoms with van der Waals surface area (Å²) in [5, 5.41) is 6.22. The summed E-state index contributed by atoms with van der Waals surface area (Å²) in [5.41, 5.74) is 0.962. The minimum atomic E-state index is 0.0430. The van der Waals surface area contributed by atoms with Gasteiger partial charge in [0.25, 0.3) is 0 Å². The molecule has 5 heteroatoms. The number of hydrogen-bond donors (Lipinski definition) is 2. The van der Waals surface area contributed by atoms with Crippen molar-refractivity contribution in [3.8, 4) is 0 Å². The minimum absolute atomic E-state index is 0.0430. The van der Waals surface area contributed by atoms with Crippen molar-refractivity contribution in [1.29, 1.82) is 0 Å². The lowest BCUT2D eigenvalue weighted by molar-refractivity contribution is -0.121. The summed E-state index contributed by atoms with van der Waals surface area (Å²) >= 11 is 0. The fraction of sp³-hybridized carbons (Fsp3) is 0.714. The molecule has 0 aliphatic carbocycles. The van der Waals surface area contributed by atoms with E-state index in [1.54, 1.807) is 6.33 Å². The van der Waals surface area contributed by atoms with Gasteiger partial charge < -0.3 is 15.2 Å². The molecule has 108 valence electrons. The molecule has 0 radical (unpaired) electrons. The summed E-state index contributed by atoms with van der Waals surface area (Å²) in [6.07, 6.45) is 4.63. The summed E-state index contributed by atoms with van der Waals surface area (Å²) in [6.45, 7) is 10.3. The van der Waals surface area contributed by atoms with E-state index in [4.69, 9.17) is 0 Å². The first-order valence-corrected chi connectivity index (χ1v) is 6.98. The van der Waals surface area contributed by atoms with E-state index in [0.29, 0.717) is 18.5 Å². The number of nitrogens with zero attached hydrogens (tertiary/aromatic N) is 2. The lowest BCUT2D eigenvalue weighted by atomic mass is 10.1. The maximum Gasteiger partial charge on any atom is 0.239 e. The zero-order chi connectivity index (χ0) is 14.3. The Balaban J connectivity index is 2.30. The number of amides is 1. The molecule has 5 nitrogen and oxygen atoms in total. The summed E-state index contributed by atoms with van der Waals surface area (Å²) in [7, 11) is 0. The van der Waals surface area contributed by atoms with E-state index in [1.807, 2.05) is 10.8 Å². The van der Waals surface area contributed by atoms with Crippen LogP contribution in [-0.2, 0) is 17.9 Å². The molecule has 1 heterocycles. The molecule has 1 rings (SSSR count). The van der Waals surface area contributed by atoms with Gasteiger partial charge in [-0.2, -0.15) is 0 Å². The first-order valence-electron chi connectivity index (χ1n) is 6.98. The number of rotatable bonds is 8. The number of hydrogen-bond acceptors (Lipinski definition) is 3. The molecular weight excluding hydrogens is 240 g/mol. The molecular formula is C14H26N4O. The number of carbonyl (C=O) groups excluding carboxylic acids is 1. The Kier molecular flexibility index (Phi) is 6.56. The smallest absolute Gasteiger partial charge is 0.239 e. The van der Waals surface area contributed by atoms with Gasteiger partial charge in [0.05, 0.1) is 12.0 Å². The molecule has 0 aliphatic rings. The van der Waals surface area contributed by atoms with Crippen molar-refractivity contribution in [2.75, 3.05) is 6.54 Å². The van der Waals surface area contributed by atoms with Crippen molar-refractivity contribution in [2.45, 2.75) is 53.2 Å². The van der Waals surface area contributed by atoms with Crippen LogP contribution in [0.15, 0.2) is 12.5 Å². The second-order valence-electron chi connectivity index (χ2n) is 5.61. The molecule has 0 fully saturated rings. The van der Waals surface area contributed by atoms with E-state index in [0.717, 1.165) is 25.2 Å². The van der Waals surface area contributed by atoms with Crippen LogP contribution in [0.5, 0.6) is 0 Å². The van der Waals surface area contributed by atoms with E-state index in [2.05, 4.69) is 43.3 Å². The van der Waals surface area contributed by atoms with E-state index < -0.39 is 0 Å². The highest BCUT2D eigenvalue weighted by molar-refractivity contribution is 5.75. The predicted octanol–water partition coefficient (Wildman–Crippen LogP) is 1.54. The topological polar surface area (TPSA) is 59.0 Å². The molecule has 0 saturated heterocycles. The van der Waals surface area contributed by atoms with Gasteiger partial charge in [-0.05, 0) is 12.3 Å². The van der Waals surface area contributed by atoms with Crippen LogP contribution in [0.1, 0.15) is 39.8 Å². The molecule has 0 aliphatic heterocycles. The molecule has 1 amide bonds. The average Bonchev–Trinajstić information content (AvgIpc) is 2.73. The molecule has 0 atom stereocenters. The van der Waals surface area contributed by atoms with E-state index in [9.17, 15) is 4.79 Å². The predicted molar refractivity (Wildman–Crippen MR) is 76.7 cm³/mol. The Bertz CT molecular complexity index is 385. The molecule has 19 heavy (non-hydrogen) atoms. The fourth-order valence-corrected chi connectivity index (χ4v) is 1.61. The molecule has 2 N–H and O–H groups in total. The third-order valence-electron chi connectivity index (χ3n) is 2.75. The van der Waals surface area contributed by atoms with Crippen LogP contribution >= 0.6 is 0 Å². The standard InChI is InChI=1S/C14H26N4O/c1-11(2)5-6-15-14(19)9-18-8-13(17-10-18)7-16-12(3)4/h8,10-12,16H,5-7,9H2,1-4H3,(H,15,19). The number of aromatic nitrogens is 2. The molecule has 0 aromatic carbocycles. The van der Waals surface area contributed by atoms with Gasteiger partial charge in [-0.3, -0.25) is 4.79 Å².